The molecule has 4 heteroatoms. The van der Waals surface area contributed by atoms with Gasteiger partial charge in [0.2, 0.25) is 0 Å². The molecule has 1 saturated heterocycles. The molecule has 1 aliphatic heterocycles. The summed E-state index contributed by atoms with van der Waals surface area (Å²) in [5.74, 6) is 1.76. The summed E-state index contributed by atoms with van der Waals surface area (Å²) in [4.78, 5) is 0. The molecule has 0 saturated carbocycles. The van der Waals surface area contributed by atoms with Crippen LogP contribution in [0.1, 0.15) is 5.56 Å². The van der Waals surface area contributed by atoms with Crippen LogP contribution in [0, 0.1) is 0 Å². The van der Waals surface area contributed by atoms with Crippen LogP contribution < -0.4 is 9.47 Å². The fourth-order valence-electron chi connectivity index (χ4n) is 2.43. The lowest BCUT2D eigenvalue weighted by Gasteiger charge is -2.17. The van der Waals surface area contributed by atoms with Crippen molar-refractivity contribution in [1.29, 1.82) is 0 Å². The van der Waals surface area contributed by atoms with E-state index in [0.29, 0.717) is 6.10 Å². The molecule has 0 radical (unpaired) electrons. The van der Waals surface area contributed by atoms with Gasteiger partial charge in [-0.05, 0) is 15.9 Å². The van der Waals surface area contributed by atoms with Gasteiger partial charge in [-0.15, -0.1) is 0 Å². The molecule has 3 nitrogen and oxygen atoms in total. The van der Waals surface area contributed by atoms with Crippen molar-refractivity contribution >= 4 is 26.7 Å². The molecule has 3 rings (SSSR count). The van der Waals surface area contributed by atoms with Gasteiger partial charge in [-0.25, -0.2) is 0 Å². The molecule has 0 bridgehead atoms. The predicted octanol–water partition coefficient (Wildman–Crippen LogP) is 3.56. The van der Waals surface area contributed by atoms with Crippen LogP contribution in [0.4, 0.5) is 0 Å². The molecule has 1 unspecified atom stereocenters. The Morgan fingerprint density at radius 3 is 2.26 bits per heavy atom. The number of fused-ring (bicyclic) bond motifs is 1. The molecule has 19 heavy (non-hydrogen) atoms. The molecule has 2 aromatic rings. The highest BCUT2D eigenvalue weighted by atomic mass is 79.9. The Labute approximate surface area is 120 Å². The van der Waals surface area contributed by atoms with Gasteiger partial charge in [0.25, 0.3) is 0 Å². The van der Waals surface area contributed by atoms with E-state index >= 15 is 0 Å². The van der Waals surface area contributed by atoms with E-state index in [9.17, 15) is 0 Å². The number of methoxy groups -OCH3 is 2. The van der Waals surface area contributed by atoms with E-state index < -0.39 is 0 Å². The quantitative estimate of drug-likeness (QED) is 0.806. The fourth-order valence-corrected chi connectivity index (χ4v) is 3.14. The SMILES string of the molecule is COc1c(Br)c(CC2CO2)c(OC)c2ccccc12. The van der Waals surface area contributed by atoms with Gasteiger partial charge >= 0.3 is 0 Å². The Morgan fingerprint density at radius 1 is 1.16 bits per heavy atom. The summed E-state index contributed by atoms with van der Waals surface area (Å²) in [6.07, 6.45) is 1.14. The number of benzene rings is 2. The maximum Gasteiger partial charge on any atom is 0.141 e. The summed E-state index contributed by atoms with van der Waals surface area (Å²) in [5, 5.41) is 2.12. The lowest BCUT2D eigenvalue weighted by atomic mass is 10.0. The highest BCUT2D eigenvalue weighted by Crippen LogP contribution is 2.44. The van der Waals surface area contributed by atoms with E-state index in [1.807, 2.05) is 18.2 Å². The van der Waals surface area contributed by atoms with Crippen molar-refractivity contribution in [2.24, 2.45) is 0 Å². The Balaban J connectivity index is 2.29. The van der Waals surface area contributed by atoms with Crippen LogP contribution in [0.3, 0.4) is 0 Å². The third-order valence-corrected chi connectivity index (χ3v) is 4.24. The molecule has 100 valence electrons. The van der Waals surface area contributed by atoms with Gasteiger partial charge in [-0.3, -0.25) is 0 Å². The summed E-state index contributed by atoms with van der Waals surface area (Å²) >= 11 is 3.65. The zero-order chi connectivity index (χ0) is 13.4. The summed E-state index contributed by atoms with van der Waals surface area (Å²) in [6, 6.07) is 8.11. The highest BCUT2D eigenvalue weighted by molar-refractivity contribution is 9.10. The van der Waals surface area contributed by atoms with Gasteiger partial charge < -0.3 is 14.2 Å². The van der Waals surface area contributed by atoms with Crippen LogP contribution >= 0.6 is 15.9 Å². The molecule has 0 N–H and O–H groups in total. The molecule has 0 aromatic heterocycles. The maximum atomic E-state index is 5.63. The van der Waals surface area contributed by atoms with E-state index in [-0.39, 0.29) is 0 Å². The van der Waals surface area contributed by atoms with Gasteiger partial charge in [0.15, 0.2) is 0 Å². The fraction of sp³-hybridized carbons (Fsp3) is 0.333. The smallest absolute Gasteiger partial charge is 0.141 e. The number of epoxide rings is 1. The third-order valence-electron chi connectivity index (χ3n) is 3.40. The van der Waals surface area contributed by atoms with Crippen molar-refractivity contribution < 1.29 is 14.2 Å². The second-order valence-corrected chi connectivity index (χ2v) is 5.36. The first-order valence-corrected chi connectivity index (χ1v) is 6.98. The molecule has 1 heterocycles. The molecule has 0 amide bonds. The standard InChI is InChI=1S/C15H15BrO3/c1-17-14-10-5-3-4-6-11(10)15(18-2)13(16)12(14)7-9-8-19-9/h3-6,9H,7-8H2,1-2H3. The van der Waals surface area contributed by atoms with Crippen LogP contribution in [-0.4, -0.2) is 26.9 Å². The van der Waals surface area contributed by atoms with Crippen molar-refractivity contribution in [3.63, 3.8) is 0 Å². The van der Waals surface area contributed by atoms with Gasteiger partial charge in [0.1, 0.15) is 11.5 Å². The highest BCUT2D eigenvalue weighted by Gasteiger charge is 2.28. The minimum absolute atomic E-state index is 0.302. The van der Waals surface area contributed by atoms with E-state index in [1.54, 1.807) is 14.2 Å². The van der Waals surface area contributed by atoms with E-state index in [1.165, 1.54) is 0 Å². The minimum Gasteiger partial charge on any atom is -0.496 e. The molecule has 1 aliphatic rings. The molecule has 2 aromatic carbocycles. The molecule has 0 aliphatic carbocycles. The van der Waals surface area contributed by atoms with Crippen LogP contribution in [0.2, 0.25) is 0 Å². The lowest BCUT2D eigenvalue weighted by Crippen LogP contribution is -2.02. The van der Waals surface area contributed by atoms with Gasteiger partial charge in [-0.2, -0.15) is 0 Å². The van der Waals surface area contributed by atoms with Crippen molar-refractivity contribution in [2.45, 2.75) is 12.5 Å². The normalized spacial score (nSPS) is 17.5. The first kappa shape index (κ1) is 12.8. The van der Waals surface area contributed by atoms with E-state index in [2.05, 4.69) is 22.0 Å². The van der Waals surface area contributed by atoms with Gasteiger partial charge in [0.05, 0.1) is 31.4 Å². The molecular weight excluding hydrogens is 308 g/mol. The van der Waals surface area contributed by atoms with Crippen LogP contribution in [0.15, 0.2) is 28.7 Å². The Morgan fingerprint density at radius 2 is 1.74 bits per heavy atom. The van der Waals surface area contributed by atoms with Crippen molar-refractivity contribution in [2.75, 3.05) is 20.8 Å². The van der Waals surface area contributed by atoms with Crippen molar-refractivity contribution in [3.05, 3.63) is 34.3 Å². The first-order chi connectivity index (χ1) is 9.26. The summed E-state index contributed by atoms with van der Waals surface area (Å²) in [6.45, 7) is 0.824. The molecule has 0 spiro atoms. The topological polar surface area (TPSA) is 31.0 Å². The summed E-state index contributed by atoms with van der Waals surface area (Å²) in [5.41, 5.74) is 1.11. The second kappa shape index (κ2) is 5.02. The second-order valence-electron chi connectivity index (χ2n) is 4.56. The average molecular weight is 323 g/mol. The molecular formula is C15H15BrO3. The van der Waals surface area contributed by atoms with Crippen molar-refractivity contribution in [3.8, 4) is 11.5 Å². The van der Waals surface area contributed by atoms with Gasteiger partial charge in [0, 0.05) is 22.8 Å². The monoisotopic (exact) mass is 322 g/mol. The molecule has 1 atom stereocenters. The maximum absolute atomic E-state index is 5.63. The number of hydrogen-bond acceptors (Lipinski definition) is 3. The lowest BCUT2D eigenvalue weighted by molar-refractivity contribution is 0.388. The summed E-state index contributed by atoms with van der Waals surface area (Å²) < 4.78 is 17.5. The van der Waals surface area contributed by atoms with Crippen molar-refractivity contribution in [1.82, 2.24) is 0 Å². The molecule has 1 fully saturated rings. The number of rotatable bonds is 4. The first-order valence-electron chi connectivity index (χ1n) is 6.19. The zero-order valence-electron chi connectivity index (χ0n) is 10.9. The largest absolute Gasteiger partial charge is 0.496 e. The number of hydrogen-bond donors (Lipinski definition) is 0. The Bertz CT molecular complexity index is 620. The summed E-state index contributed by atoms with van der Waals surface area (Å²) in [7, 11) is 3.40. The average Bonchev–Trinajstić information content (AvgIpc) is 3.24. The third kappa shape index (κ3) is 2.19. The minimum atomic E-state index is 0.302. The zero-order valence-corrected chi connectivity index (χ0v) is 12.5. The van der Waals surface area contributed by atoms with Crippen LogP contribution in [0.5, 0.6) is 11.5 Å². The van der Waals surface area contributed by atoms with Crippen LogP contribution in [0.25, 0.3) is 10.8 Å². The van der Waals surface area contributed by atoms with E-state index in [4.69, 9.17) is 14.2 Å². The van der Waals surface area contributed by atoms with E-state index in [0.717, 1.165) is 45.3 Å². The van der Waals surface area contributed by atoms with Crippen LogP contribution in [-0.2, 0) is 11.2 Å². The number of halogens is 1. The Hall–Kier alpha value is -1.26. The van der Waals surface area contributed by atoms with Gasteiger partial charge in [-0.1, -0.05) is 24.3 Å². The number of ether oxygens (including phenoxy) is 3. The Kier molecular flexibility index (Phi) is 3.37. The predicted molar refractivity (Wildman–Crippen MR) is 78.2 cm³/mol.